The molecule has 1 aromatic carbocycles. The Bertz CT molecular complexity index is 543. The number of likely N-dealkylation sites (tertiary alicyclic amines) is 1. The van der Waals surface area contributed by atoms with Crippen LogP contribution in [0.5, 0.6) is 5.75 Å². The zero-order chi connectivity index (χ0) is 15.6. The molecule has 0 bridgehead atoms. The molecule has 1 saturated heterocycles. The number of halogens is 1. The highest BCUT2D eigenvalue weighted by atomic mass is 35.5. The van der Waals surface area contributed by atoms with Crippen LogP contribution in [0.1, 0.15) is 49.0 Å². The Balaban J connectivity index is 2.18. The molecule has 4 nitrogen and oxygen atoms in total. The first-order chi connectivity index (χ1) is 9.78. The van der Waals surface area contributed by atoms with Gasteiger partial charge in [-0.3, -0.25) is 9.69 Å². The molecule has 0 aromatic heterocycles. The number of nitrogens with zero attached hydrogens (tertiary/aromatic N) is 1. The fourth-order valence-corrected chi connectivity index (χ4v) is 3.00. The number of benzene rings is 1. The first-order valence-electron chi connectivity index (χ1n) is 7.25. The third-order valence-corrected chi connectivity index (χ3v) is 4.30. The van der Waals surface area contributed by atoms with E-state index in [1.165, 1.54) is 13.0 Å². The number of aromatic hydroxyl groups is 1. The molecular weight excluding hydrogens is 290 g/mol. The van der Waals surface area contributed by atoms with Crippen molar-refractivity contribution in [2.24, 2.45) is 0 Å². The minimum Gasteiger partial charge on any atom is -0.507 e. The van der Waals surface area contributed by atoms with E-state index in [-0.39, 0.29) is 17.1 Å². The lowest BCUT2D eigenvalue weighted by molar-refractivity contribution is 0.0444. The monoisotopic (exact) mass is 311 g/mol. The van der Waals surface area contributed by atoms with Crippen LogP contribution in [0.3, 0.4) is 0 Å². The number of phenols is 1. The maximum Gasteiger partial charge on any atom is 0.163 e. The third kappa shape index (κ3) is 4.19. The summed E-state index contributed by atoms with van der Waals surface area (Å²) in [7, 11) is 0. The predicted octanol–water partition coefficient (Wildman–Crippen LogP) is 2.99. The average molecular weight is 312 g/mol. The van der Waals surface area contributed by atoms with Gasteiger partial charge in [0.05, 0.1) is 11.2 Å². The Morgan fingerprint density at radius 3 is 2.76 bits per heavy atom. The van der Waals surface area contributed by atoms with Crippen molar-refractivity contribution in [1.29, 1.82) is 0 Å². The number of carbonyl (C=O) groups is 1. The molecule has 1 aromatic rings. The van der Waals surface area contributed by atoms with E-state index in [2.05, 4.69) is 4.90 Å². The van der Waals surface area contributed by atoms with Crippen LogP contribution >= 0.6 is 11.6 Å². The largest absolute Gasteiger partial charge is 0.507 e. The van der Waals surface area contributed by atoms with Gasteiger partial charge < -0.3 is 10.2 Å². The summed E-state index contributed by atoms with van der Waals surface area (Å²) >= 11 is 6.04. The molecule has 0 radical (unpaired) electrons. The van der Waals surface area contributed by atoms with Crippen molar-refractivity contribution in [1.82, 2.24) is 4.90 Å². The highest BCUT2D eigenvalue weighted by molar-refractivity contribution is 6.31. The van der Waals surface area contributed by atoms with Gasteiger partial charge in [-0.2, -0.15) is 0 Å². The Morgan fingerprint density at radius 1 is 1.38 bits per heavy atom. The number of hydrogen-bond donors (Lipinski definition) is 2. The summed E-state index contributed by atoms with van der Waals surface area (Å²) in [5.74, 6) is -0.182. The number of phenolic OH excluding ortho intramolecular Hbond substituents is 1. The standard InChI is InChI=1S/C16H22ClNO3/c1-11(19)14-9-13(17)8-12(15(14)20)10-18-6-3-4-16(2,21)5-7-18/h8-9,20-21H,3-7,10H2,1-2H3. The zero-order valence-electron chi connectivity index (χ0n) is 12.5. The number of ketones is 1. The number of aliphatic hydroxyl groups is 1. The van der Waals surface area contributed by atoms with E-state index in [1.807, 2.05) is 6.92 Å². The SMILES string of the molecule is CC(=O)c1cc(Cl)cc(CN2CCCC(C)(O)CC2)c1O. The molecule has 0 spiro atoms. The van der Waals surface area contributed by atoms with Crippen LogP contribution in [0.2, 0.25) is 5.02 Å². The second-order valence-electron chi connectivity index (χ2n) is 6.14. The second kappa shape index (κ2) is 6.34. The van der Waals surface area contributed by atoms with Crippen molar-refractivity contribution in [3.8, 4) is 5.75 Å². The summed E-state index contributed by atoms with van der Waals surface area (Å²) in [6.45, 7) is 5.42. The minimum absolute atomic E-state index is 0.0166. The van der Waals surface area contributed by atoms with Gasteiger partial charge in [0, 0.05) is 23.7 Å². The van der Waals surface area contributed by atoms with E-state index in [0.717, 1.165) is 25.9 Å². The predicted molar refractivity (Wildman–Crippen MR) is 82.9 cm³/mol. The summed E-state index contributed by atoms with van der Waals surface area (Å²) in [5, 5.41) is 20.8. The number of Topliss-reactive ketones (excluding diaryl/α,β-unsaturated/α-hetero) is 1. The molecule has 1 aliphatic heterocycles. The highest BCUT2D eigenvalue weighted by Crippen LogP contribution is 2.30. The van der Waals surface area contributed by atoms with Crippen LogP contribution < -0.4 is 0 Å². The molecule has 1 heterocycles. The van der Waals surface area contributed by atoms with E-state index >= 15 is 0 Å². The molecular formula is C16H22ClNO3. The van der Waals surface area contributed by atoms with Crippen molar-refractivity contribution in [3.05, 3.63) is 28.3 Å². The average Bonchev–Trinajstić information content (AvgIpc) is 2.54. The second-order valence-corrected chi connectivity index (χ2v) is 6.58. The molecule has 0 saturated carbocycles. The topological polar surface area (TPSA) is 60.8 Å². The van der Waals surface area contributed by atoms with Crippen molar-refractivity contribution < 1.29 is 15.0 Å². The quantitative estimate of drug-likeness (QED) is 0.843. The van der Waals surface area contributed by atoms with Crippen LogP contribution in [0.4, 0.5) is 0 Å². The fourth-order valence-electron chi connectivity index (χ4n) is 2.76. The molecule has 1 fully saturated rings. The molecule has 1 aliphatic rings. The number of hydrogen-bond acceptors (Lipinski definition) is 4. The van der Waals surface area contributed by atoms with Gasteiger partial charge in [0.25, 0.3) is 0 Å². The molecule has 21 heavy (non-hydrogen) atoms. The van der Waals surface area contributed by atoms with Crippen molar-refractivity contribution in [2.45, 2.75) is 45.3 Å². The summed E-state index contributed by atoms with van der Waals surface area (Å²) < 4.78 is 0. The maximum absolute atomic E-state index is 11.5. The first-order valence-corrected chi connectivity index (χ1v) is 7.63. The highest BCUT2D eigenvalue weighted by Gasteiger charge is 2.25. The van der Waals surface area contributed by atoms with Crippen LogP contribution in [0.15, 0.2) is 12.1 Å². The summed E-state index contributed by atoms with van der Waals surface area (Å²) in [4.78, 5) is 13.7. The maximum atomic E-state index is 11.5. The van der Waals surface area contributed by atoms with Gasteiger partial charge in [-0.15, -0.1) is 0 Å². The number of rotatable bonds is 3. The smallest absolute Gasteiger partial charge is 0.163 e. The third-order valence-electron chi connectivity index (χ3n) is 4.08. The molecule has 1 atom stereocenters. The molecule has 116 valence electrons. The van der Waals surface area contributed by atoms with Gasteiger partial charge >= 0.3 is 0 Å². The minimum atomic E-state index is -0.615. The zero-order valence-corrected chi connectivity index (χ0v) is 13.3. The Hall–Kier alpha value is -1.10. The molecule has 2 rings (SSSR count). The first kappa shape index (κ1) is 16.3. The van der Waals surface area contributed by atoms with Crippen molar-refractivity contribution >= 4 is 17.4 Å². The van der Waals surface area contributed by atoms with Crippen LogP contribution in [0.25, 0.3) is 0 Å². The van der Waals surface area contributed by atoms with E-state index < -0.39 is 5.60 Å². The van der Waals surface area contributed by atoms with E-state index in [0.29, 0.717) is 23.6 Å². The Kier molecular flexibility index (Phi) is 4.91. The molecule has 5 heteroatoms. The molecule has 2 N–H and O–H groups in total. The van der Waals surface area contributed by atoms with Gasteiger partial charge in [-0.05, 0) is 51.8 Å². The molecule has 0 aliphatic carbocycles. The van der Waals surface area contributed by atoms with Crippen LogP contribution in [-0.4, -0.2) is 39.6 Å². The van der Waals surface area contributed by atoms with E-state index in [9.17, 15) is 15.0 Å². The summed E-state index contributed by atoms with van der Waals surface area (Å²) in [5.41, 5.74) is 0.309. The fraction of sp³-hybridized carbons (Fsp3) is 0.562. The van der Waals surface area contributed by atoms with Gasteiger partial charge in [-0.1, -0.05) is 11.6 Å². The van der Waals surface area contributed by atoms with Gasteiger partial charge in [-0.25, -0.2) is 0 Å². The van der Waals surface area contributed by atoms with Crippen molar-refractivity contribution in [2.75, 3.05) is 13.1 Å². The molecule has 1 unspecified atom stereocenters. The van der Waals surface area contributed by atoms with E-state index in [1.54, 1.807) is 6.07 Å². The Labute approximate surface area is 130 Å². The van der Waals surface area contributed by atoms with Gasteiger partial charge in [0.1, 0.15) is 5.75 Å². The lowest BCUT2D eigenvalue weighted by atomic mass is 9.98. The normalized spacial score (nSPS) is 23.8. The van der Waals surface area contributed by atoms with Gasteiger partial charge in [0.2, 0.25) is 0 Å². The lowest BCUT2D eigenvalue weighted by Crippen LogP contribution is -2.28. The van der Waals surface area contributed by atoms with Crippen LogP contribution in [0, 0.1) is 0 Å². The Morgan fingerprint density at radius 2 is 2.10 bits per heavy atom. The van der Waals surface area contributed by atoms with Crippen molar-refractivity contribution in [3.63, 3.8) is 0 Å². The van der Waals surface area contributed by atoms with Gasteiger partial charge in [0.15, 0.2) is 5.78 Å². The summed E-state index contributed by atoms with van der Waals surface area (Å²) in [6, 6.07) is 3.20. The molecule has 0 amide bonds. The number of carbonyl (C=O) groups excluding carboxylic acids is 1. The van der Waals surface area contributed by atoms with E-state index in [4.69, 9.17) is 11.6 Å². The summed E-state index contributed by atoms with van der Waals surface area (Å²) in [6.07, 6.45) is 2.39. The van der Waals surface area contributed by atoms with Crippen LogP contribution in [-0.2, 0) is 6.54 Å². The lowest BCUT2D eigenvalue weighted by Gasteiger charge is -2.23.